The van der Waals surface area contributed by atoms with Gasteiger partial charge in [0.05, 0.1) is 6.04 Å². The number of ketones is 1. The minimum absolute atomic E-state index is 0.190. The maximum Gasteiger partial charge on any atom is 0.224 e. The van der Waals surface area contributed by atoms with E-state index in [1.165, 1.54) is 0 Å². The molecule has 0 radical (unpaired) electrons. The Balaban J connectivity index is 1.88. The Labute approximate surface area is 144 Å². The monoisotopic (exact) mass is 338 g/mol. The van der Waals surface area contributed by atoms with E-state index in [0.717, 1.165) is 0 Å². The molecule has 2 aromatic carbocycles. The number of Topliss-reactive ketones (excluding diaryl/α,β-unsaturated/α-hetero) is 1. The van der Waals surface area contributed by atoms with Crippen molar-refractivity contribution < 1.29 is 9.53 Å². The van der Waals surface area contributed by atoms with Crippen LogP contribution in [0, 0.1) is 0 Å². The van der Waals surface area contributed by atoms with Gasteiger partial charge in [-0.15, -0.1) is 0 Å². The van der Waals surface area contributed by atoms with Crippen LogP contribution in [0.2, 0.25) is 5.02 Å². The van der Waals surface area contributed by atoms with Gasteiger partial charge in [-0.1, -0.05) is 48.0 Å². The molecule has 5 heteroatoms. The zero-order valence-corrected chi connectivity index (χ0v) is 13.5. The number of nitrogens with zero attached hydrogens (tertiary/aromatic N) is 1. The minimum atomic E-state index is -0.858. The van der Waals surface area contributed by atoms with E-state index in [1.54, 1.807) is 66.9 Å². The zero-order chi connectivity index (χ0) is 16.9. The van der Waals surface area contributed by atoms with E-state index < -0.39 is 6.04 Å². The van der Waals surface area contributed by atoms with Crippen LogP contribution in [0.3, 0.4) is 0 Å². The fourth-order valence-corrected chi connectivity index (χ4v) is 2.39. The fourth-order valence-electron chi connectivity index (χ4n) is 2.26. The number of rotatable bonds is 5. The SMILES string of the molecule is NC(C(=O)c1ccccc1)c1cccnc1Oc1ccc(Cl)cc1. The van der Waals surface area contributed by atoms with Crippen LogP contribution in [0.1, 0.15) is 22.0 Å². The van der Waals surface area contributed by atoms with Crippen LogP contribution in [-0.2, 0) is 0 Å². The molecular formula is C19H15ClN2O2. The minimum Gasteiger partial charge on any atom is -0.439 e. The van der Waals surface area contributed by atoms with Crippen molar-refractivity contribution in [2.75, 3.05) is 0 Å². The predicted molar refractivity (Wildman–Crippen MR) is 93.5 cm³/mol. The first-order valence-electron chi connectivity index (χ1n) is 7.38. The first-order chi connectivity index (χ1) is 11.6. The molecule has 1 aromatic heterocycles. The summed E-state index contributed by atoms with van der Waals surface area (Å²) in [6.45, 7) is 0. The average Bonchev–Trinajstić information content (AvgIpc) is 2.63. The Morgan fingerprint density at radius 1 is 1.00 bits per heavy atom. The lowest BCUT2D eigenvalue weighted by atomic mass is 9.99. The average molecular weight is 339 g/mol. The normalized spacial score (nSPS) is 11.8. The predicted octanol–water partition coefficient (Wildman–Crippen LogP) is 4.41. The van der Waals surface area contributed by atoms with Crippen LogP contribution >= 0.6 is 11.6 Å². The van der Waals surface area contributed by atoms with Crippen molar-refractivity contribution in [2.24, 2.45) is 5.73 Å². The molecule has 0 aliphatic carbocycles. The van der Waals surface area contributed by atoms with Crippen LogP contribution in [0.4, 0.5) is 0 Å². The lowest BCUT2D eigenvalue weighted by Gasteiger charge is -2.15. The van der Waals surface area contributed by atoms with Gasteiger partial charge in [-0.3, -0.25) is 4.79 Å². The second kappa shape index (κ2) is 7.25. The number of carbonyl (C=O) groups excluding carboxylic acids is 1. The Morgan fingerprint density at radius 3 is 2.42 bits per heavy atom. The van der Waals surface area contributed by atoms with Gasteiger partial charge in [0.15, 0.2) is 5.78 Å². The quantitative estimate of drug-likeness (QED) is 0.700. The second-order valence-corrected chi connectivity index (χ2v) is 5.60. The number of carbonyl (C=O) groups is 1. The molecule has 0 spiro atoms. The highest BCUT2D eigenvalue weighted by molar-refractivity contribution is 6.30. The van der Waals surface area contributed by atoms with Crippen molar-refractivity contribution in [3.05, 3.63) is 89.1 Å². The first kappa shape index (κ1) is 16.2. The Morgan fingerprint density at radius 2 is 1.71 bits per heavy atom. The van der Waals surface area contributed by atoms with Crippen LogP contribution in [-0.4, -0.2) is 10.8 Å². The molecule has 1 heterocycles. The van der Waals surface area contributed by atoms with Gasteiger partial charge >= 0.3 is 0 Å². The van der Waals surface area contributed by atoms with Gasteiger partial charge in [0.2, 0.25) is 5.88 Å². The van der Waals surface area contributed by atoms with Crippen molar-refractivity contribution >= 4 is 17.4 Å². The van der Waals surface area contributed by atoms with E-state index in [0.29, 0.717) is 27.8 Å². The molecule has 1 atom stereocenters. The van der Waals surface area contributed by atoms with E-state index in [-0.39, 0.29) is 5.78 Å². The zero-order valence-electron chi connectivity index (χ0n) is 12.7. The lowest BCUT2D eigenvalue weighted by Crippen LogP contribution is -2.22. The highest BCUT2D eigenvalue weighted by Gasteiger charge is 2.22. The maximum absolute atomic E-state index is 12.6. The number of pyridine rings is 1. The molecular weight excluding hydrogens is 324 g/mol. The number of hydrogen-bond acceptors (Lipinski definition) is 4. The van der Waals surface area contributed by atoms with Crippen molar-refractivity contribution in [2.45, 2.75) is 6.04 Å². The van der Waals surface area contributed by atoms with Gasteiger partial charge in [-0.2, -0.15) is 0 Å². The molecule has 3 aromatic rings. The van der Waals surface area contributed by atoms with Gasteiger partial charge in [0, 0.05) is 22.3 Å². The molecule has 0 aliphatic rings. The van der Waals surface area contributed by atoms with Crippen molar-refractivity contribution in [3.63, 3.8) is 0 Å². The molecule has 0 saturated heterocycles. The number of hydrogen-bond donors (Lipinski definition) is 1. The molecule has 24 heavy (non-hydrogen) atoms. The highest BCUT2D eigenvalue weighted by atomic mass is 35.5. The number of benzene rings is 2. The van der Waals surface area contributed by atoms with E-state index in [1.807, 2.05) is 6.07 Å². The maximum atomic E-state index is 12.6. The van der Waals surface area contributed by atoms with E-state index >= 15 is 0 Å². The summed E-state index contributed by atoms with van der Waals surface area (Å²) >= 11 is 5.87. The Kier molecular flexibility index (Phi) is 4.89. The number of aromatic nitrogens is 1. The van der Waals surface area contributed by atoms with E-state index in [4.69, 9.17) is 22.1 Å². The third-order valence-corrected chi connectivity index (χ3v) is 3.76. The smallest absolute Gasteiger partial charge is 0.224 e. The molecule has 0 amide bonds. The van der Waals surface area contributed by atoms with Crippen molar-refractivity contribution in [3.8, 4) is 11.6 Å². The fraction of sp³-hybridized carbons (Fsp3) is 0.0526. The van der Waals surface area contributed by atoms with Crippen LogP contribution in [0.25, 0.3) is 0 Å². The second-order valence-electron chi connectivity index (χ2n) is 5.16. The summed E-state index contributed by atoms with van der Waals surface area (Å²) in [5.74, 6) is 0.680. The molecule has 0 fully saturated rings. The topological polar surface area (TPSA) is 65.2 Å². The van der Waals surface area contributed by atoms with Gasteiger partial charge in [0.25, 0.3) is 0 Å². The largest absolute Gasteiger partial charge is 0.439 e. The summed E-state index contributed by atoms with van der Waals surface area (Å²) in [5, 5.41) is 0.611. The Hall–Kier alpha value is -2.69. The summed E-state index contributed by atoms with van der Waals surface area (Å²) in [7, 11) is 0. The third-order valence-electron chi connectivity index (χ3n) is 3.50. The molecule has 2 N–H and O–H groups in total. The molecule has 0 bridgehead atoms. The van der Waals surface area contributed by atoms with Gasteiger partial charge in [-0.25, -0.2) is 4.98 Å². The standard InChI is InChI=1S/C19H15ClN2O2/c20-14-8-10-15(11-9-14)24-19-16(7-4-12-22-19)17(21)18(23)13-5-2-1-3-6-13/h1-12,17H,21H2. The molecule has 4 nitrogen and oxygen atoms in total. The summed E-state index contributed by atoms with van der Waals surface area (Å²) in [4.78, 5) is 16.8. The summed E-state index contributed by atoms with van der Waals surface area (Å²) in [6.07, 6.45) is 1.59. The molecule has 3 rings (SSSR count). The van der Waals surface area contributed by atoms with Crippen molar-refractivity contribution in [1.82, 2.24) is 4.98 Å². The summed E-state index contributed by atoms with van der Waals surface area (Å²) < 4.78 is 5.77. The van der Waals surface area contributed by atoms with Gasteiger partial charge in [0.1, 0.15) is 5.75 Å². The molecule has 0 aliphatic heterocycles. The number of nitrogens with two attached hydrogens (primary N) is 1. The van der Waals surface area contributed by atoms with E-state index in [2.05, 4.69) is 4.98 Å². The van der Waals surface area contributed by atoms with Crippen molar-refractivity contribution in [1.29, 1.82) is 0 Å². The highest BCUT2D eigenvalue weighted by Crippen LogP contribution is 2.28. The Bertz CT molecular complexity index is 836. The van der Waals surface area contributed by atoms with Crippen LogP contribution in [0.5, 0.6) is 11.6 Å². The number of ether oxygens (including phenoxy) is 1. The number of halogens is 1. The van der Waals surface area contributed by atoms with E-state index in [9.17, 15) is 4.79 Å². The molecule has 0 saturated carbocycles. The van der Waals surface area contributed by atoms with Gasteiger partial charge in [-0.05, 0) is 30.3 Å². The third kappa shape index (κ3) is 3.62. The first-order valence-corrected chi connectivity index (χ1v) is 7.76. The summed E-state index contributed by atoms with van der Waals surface area (Å²) in [6, 6.07) is 18.4. The molecule has 120 valence electrons. The van der Waals surface area contributed by atoms with Crippen LogP contribution < -0.4 is 10.5 Å². The van der Waals surface area contributed by atoms with Gasteiger partial charge < -0.3 is 10.5 Å². The lowest BCUT2D eigenvalue weighted by molar-refractivity contribution is 0.0960. The van der Waals surface area contributed by atoms with Crippen LogP contribution in [0.15, 0.2) is 72.9 Å². The summed E-state index contributed by atoms with van der Waals surface area (Å²) in [5.41, 5.74) is 7.23. The molecule has 1 unspecified atom stereocenters.